The van der Waals surface area contributed by atoms with Crippen LogP contribution in [0.15, 0.2) is 29.1 Å². The van der Waals surface area contributed by atoms with Crippen LogP contribution in [0, 0.1) is 6.92 Å². The van der Waals surface area contributed by atoms with Crippen LogP contribution in [-0.4, -0.2) is 29.2 Å². The molecule has 1 fully saturated rings. The molecule has 2 heterocycles. The number of fused-ring (bicyclic) bond motifs is 1. The molecule has 1 saturated carbocycles. The number of aryl methyl sites for hydroxylation is 1. The number of rotatable bonds is 5. The number of carbonyl (C=O) groups is 1. The molecule has 0 saturated heterocycles. The second-order valence-corrected chi connectivity index (χ2v) is 8.40. The molecule has 152 valence electrons. The Hall–Kier alpha value is -2.67. The first-order valence-corrected chi connectivity index (χ1v) is 10.7. The van der Waals surface area contributed by atoms with E-state index >= 15 is 0 Å². The Kier molecular flexibility index (Phi) is 5.67. The summed E-state index contributed by atoms with van der Waals surface area (Å²) in [6, 6.07) is 7.63. The third kappa shape index (κ3) is 4.05. The molecule has 0 aliphatic heterocycles. The van der Waals surface area contributed by atoms with Crippen LogP contribution in [0.3, 0.4) is 0 Å². The fourth-order valence-corrected chi connectivity index (χ4v) is 4.97. The van der Waals surface area contributed by atoms with Crippen LogP contribution in [0.1, 0.15) is 58.7 Å². The summed E-state index contributed by atoms with van der Waals surface area (Å²) >= 11 is 1.23. The zero-order chi connectivity index (χ0) is 20.4. The monoisotopic (exact) mass is 412 g/mol. The van der Waals surface area contributed by atoms with Crippen LogP contribution >= 0.6 is 11.3 Å². The van der Waals surface area contributed by atoms with E-state index in [0.717, 1.165) is 37.0 Å². The lowest BCUT2D eigenvalue weighted by Crippen LogP contribution is -2.20. The molecular weight excluding hydrogens is 388 g/mol. The van der Waals surface area contributed by atoms with Crippen LogP contribution < -0.4 is 10.3 Å². The molecular formula is C22H24N2O4S. The normalized spacial score (nSPS) is 14.8. The molecule has 3 aromatic rings. The van der Waals surface area contributed by atoms with E-state index in [0.29, 0.717) is 32.9 Å². The first-order chi connectivity index (χ1) is 14.1. The quantitative estimate of drug-likeness (QED) is 0.629. The van der Waals surface area contributed by atoms with Gasteiger partial charge >= 0.3 is 5.97 Å². The Labute approximate surface area is 172 Å². The van der Waals surface area contributed by atoms with E-state index in [2.05, 4.69) is 9.97 Å². The van der Waals surface area contributed by atoms with Gasteiger partial charge in [0.25, 0.3) is 5.56 Å². The van der Waals surface area contributed by atoms with Crippen molar-refractivity contribution in [2.75, 3.05) is 7.11 Å². The second-order valence-electron chi connectivity index (χ2n) is 7.40. The number of ether oxygens (including phenoxy) is 2. The van der Waals surface area contributed by atoms with Gasteiger partial charge in [-0.3, -0.25) is 4.79 Å². The Morgan fingerprint density at radius 2 is 2.00 bits per heavy atom. The molecule has 0 bridgehead atoms. The Morgan fingerprint density at radius 1 is 1.24 bits per heavy atom. The lowest BCUT2D eigenvalue weighted by molar-refractivity contribution is 0.0216. The number of carbonyl (C=O) groups excluding carboxylic acids is 1. The van der Waals surface area contributed by atoms with E-state index in [4.69, 9.17) is 9.47 Å². The maximum absolute atomic E-state index is 12.7. The van der Waals surface area contributed by atoms with Crippen molar-refractivity contribution in [3.05, 3.63) is 56.4 Å². The fraction of sp³-hybridized carbons (Fsp3) is 0.409. The van der Waals surface area contributed by atoms with E-state index in [1.165, 1.54) is 17.8 Å². The zero-order valence-electron chi connectivity index (χ0n) is 16.6. The maximum Gasteiger partial charge on any atom is 0.348 e. The number of aromatic nitrogens is 2. The summed E-state index contributed by atoms with van der Waals surface area (Å²) in [7, 11) is 1.62. The Bertz CT molecular complexity index is 1100. The molecule has 2 aromatic heterocycles. The zero-order valence-corrected chi connectivity index (χ0v) is 17.4. The predicted molar refractivity (Wildman–Crippen MR) is 113 cm³/mol. The van der Waals surface area contributed by atoms with Crippen LogP contribution in [0.4, 0.5) is 0 Å². The van der Waals surface area contributed by atoms with Crippen molar-refractivity contribution in [2.45, 2.75) is 51.6 Å². The van der Waals surface area contributed by atoms with Gasteiger partial charge in [-0.1, -0.05) is 24.6 Å². The van der Waals surface area contributed by atoms with Crippen molar-refractivity contribution in [3.8, 4) is 5.75 Å². The van der Waals surface area contributed by atoms with E-state index in [9.17, 15) is 9.59 Å². The third-order valence-corrected chi connectivity index (χ3v) is 6.58. The van der Waals surface area contributed by atoms with E-state index in [1.54, 1.807) is 14.0 Å². The van der Waals surface area contributed by atoms with Gasteiger partial charge in [0, 0.05) is 12.0 Å². The number of aromatic amines is 1. The maximum atomic E-state index is 12.7. The average Bonchev–Trinajstić information content (AvgIpc) is 3.06. The highest BCUT2D eigenvalue weighted by molar-refractivity contribution is 7.20. The molecule has 1 aliphatic rings. The number of H-pyrrole nitrogens is 1. The van der Waals surface area contributed by atoms with Gasteiger partial charge in [0.1, 0.15) is 27.4 Å². The van der Waals surface area contributed by atoms with Gasteiger partial charge in [-0.2, -0.15) is 0 Å². The first kappa shape index (κ1) is 19.6. The highest BCUT2D eigenvalue weighted by Crippen LogP contribution is 2.30. The molecule has 0 amide bonds. The largest absolute Gasteiger partial charge is 0.496 e. The highest BCUT2D eigenvalue weighted by Gasteiger charge is 2.24. The molecule has 1 aromatic carbocycles. The molecule has 7 heteroatoms. The van der Waals surface area contributed by atoms with Gasteiger partial charge in [-0.15, -0.1) is 11.3 Å². The smallest absolute Gasteiger partial charge is 0.348 e. The lowest BCUT2D eigenvalue weighted by Gasteiger charge is -2.21. The minimum Gasteiger partial charge on any atom is -0.496 e. The summed E-state index contributed by atoms with van der Waals surface area (Å²) in [5.41, 5.74) is 1.34. The molecule has 1 aliphatic carbocycles. The molecule has 4 rings (SSSR count). The topological polar surface area (TPSA) is 81.3 Å². The van der Waals surface area contributed by atoms with Gasteiger partial charge in [-0.25, -0.2) is 9.78 Å². The van der Waals surface area contributed by atoms with Crippen LogP contribution in [0.25, 0.3) is 10.2 Å². The van der Waals surface area contributed by atoms with Gasteiger partial charge in [0.05, 0.1) is 12.5 Å². The summed E-state index contributed by atoms with van der Waals surface area (Å²) in [5, 5.41) is 0.467. The number of benzene rings is 1. The lowest BCUT2D eigenvalue weighted by atomic mass is 9.98. The Morgan fingerprint density at radius 3 is 2.76 bits per heavy atom. The number of esters is 1. The number of para-hydroxylation sites is 1. The third-order valence-electron chi connectivity index (χ3n) is 5.41. The van der Waals surface area contributed by atoms with Crippen LogP contribution in [0.5, 0.6) is 5.75 Å². The number of hydrogen-bond donors (Lipinski definition) is 1. The highest BCUT2D eigenvalue weighted by atomic mass is 32.1. The van der Waals surface area contributed by atoms with E-state index < -0.39 is 0 Å². The van der Waals surface area contributed by atoms with Crippen molar-refractivity contribution in [3.63, 3.8) is 0 Å². The summed E-state index contributed by atoms with van der Waals surface area (Å²) in [6.45, 7) is 1.78. The number of nitrogens with one attached hydrogen (secondary N) is 1. The number of hydrogen-bond acceptors (Lipinski definition) is 6. The van der Waals surface area contributed by atoms with Gasteiger partial charge in [-0.05, 0) is 44.2 Å². The molecule has 0 spiro atoms. The fourth-order valence-electron chi connectivity index (χ4n) is 3.88. The second kappa shape index (κ2) is 8.37. The number of thiophene rings is 1. The van der Waals surface area contributed by atoms with Crippen molar-refractivity contribution < 1.29 is 14.3 Å². The summed E-state index contributed by atoms with van der Waals surface area (Å²) in [4.78, 5) is 33.9. The van der Waals surface area contributed by atoms with Crippen molar-refractivity contribution in [1.82, 2.24) is 9.97 Å². The van der Waals surface area contributed by atoms with Gasteiger partial charge in [0.15, 0.2) is 0 Å². The van der Waals surface area contributed by atoms with Crippen LogP contribution in [0.2, 0.25) is 0 Å². The predicted octanol–water partition coefficient (Wildman–Crippen LogP) is 4.38. The minimum atomic E-state index is -0.344. The average molecular weight is 413 g/mol. The summed E-state index contributed by atoms with van der Waals surface area (Å²) in [6.07, 6.45) is 5.63. The molecule has 0 atom stereocenters. The number of methoxy groups -OCH3 is 1. The van der Waals surface area contributed by atoms with E-state index in [1.807, 2.05) is 24.3 Å². The molecule has 0 unspecified atom stereocenters. The Balaban J connectivity index is 1.64. The van der Waals surface area contributed by atoms with Gasteiger partial charge in [0.2, 0.25) is 0 Å². The van der Waals surface area contributed by atoms with Crippen molar-refractivity contribution in [1.29, 1.82) is 0 Å². The van der Waals surface area contributed by atoms with E-state index in [-0.39, 0.29) is 17.6 Å². The molecule has 29 heavy (non-hydrogen) atoms. The summed E-state index contributed by atoms with van der Waals surface area (Å²) < 4.78 is 11.1. The number of nitrogens with zero attached hydrogens (tertiary/aromatic N) is 1. The standard InChI is InChI=1S/C22H24N2O4S/c1-13-18-20(25)23-17(12-14-8-6-7-11-16(14)27-2)24-21(18)29-19(13)22(26)28-15-9-4-3-5-10-15/h6-8,11,15H,3-5,9-10,12H2,1-2H3,(H,23,24,25). The molecule has 6 nitrogen and oxygen atoms in total. The SMILES string of the molecule is COc1ccccc1Cc1nc2sc(C(=O)OC3CCCCC3)c(C)c2c(=O)[nH]1. The minimum absolute atomic E-state index is 0.0202. The molecule has 1 N–H and O–H groups in total. The molecule has 0 radical (unpaired) electrons. The summed E-state index contributed by atoms with van der Waals surface area (Å²) in [5.74, 6) is 0.942. The first-order valence-electron chi connectivity index (χ1n) is 9.92. The van der Waals surface area contributed by atoms with Gasteiger partial charge < -0.3 is 14.5 Å². The van der Waals surface area contributed by atoms with Crippen molar-refractivity contribution >= 4 is 27.5 Å². The van der Waals surface area contributed by atoms with Crippen molar-refractivity contribution in [2.24, 2.45) is 0 Å². The van der Waals surface area contributed by atoms with Crippen LogP contribution in [-0.2, 0) is 11.2 Å².